The van der Waals surface area contributed by atoms with Crippen LogP contribution in [0.15, 0.2) is 47.3 Å². The van der Waals surface area contributed by atoms with Gasteiger partial charge in [-0.2, -0.15) is 5.10 Å². The molecule has 184 valence electrons. The molecular weight excluding hydrogens is 398 g/mol. The van der Waals surface area contributed by atoms with Crippen LogP contribution in [-0.4, -0.2) is 38.2 Å². The molecule has 0 saturated carbocycles. The van der Waals surface area contributed by atoms with Crippen LogP contribution >= 0.6 is 0 Å². The van der Waals surface area contributed by atoms with E-state index in [9.17, 15) is 0 Å². The summed E-state index contributed by atoms with van der Waals surface area (Å²) in [6.45, 7) is 17.1. The number of benzene rings is 1. The lowest BCUT2D eigenvalue weighted by molar-refractivity contribution is 0.415. The number of hydrogen-bond donors (Lipinski definition) is 3. The second kappa shape index (κ2) is 28.4. The van der Waals surface area contributed by atoms with Crippen molar-refractivity contribution in [2.24, 2.45) is 15.9 Å². The van der Waals surface area contributed by atoms with Crippen LogP contribution < -0.4 is 15.8 Å². The van der Waals surface area contributed by atoms with Crippen LogP contribution in [0.5, 0.6) is 5.75 Å². The standard InChI is InChI=1S/C11H12N4O.C6H15N.C5H10.2C2H6/c1-16-9-2-3-11-10(4-9)8(5-13-11)6-14-15-7-12;1-3-4-5-6-7-2;1-3-5-4-2;2*1-2/h2-7,13H,1H3,(H2,12,15);7H,3-6H2,1-2H3;3H,1,4-5H2,2H3;2*1-2H3/b14-6+;;;;. The quantitative estimate of drug-likeness (QED) is 0.128. The van der Waals surface area contributed by atoms with E-state index in [-0.39, 0.29) is 0 Å². The van der Waals surface area contributed by atoms with Crippen molar-refractivity contribution >= 4 is 23.5 Å². The average molecular weight is 448 g/mol. The third kappa shape index (κ3) is 18.2. The van der Waals surface area contributed by atoms with Gasteiger partial charge < -0.3 is 20.8 Å². The second-order valence-electron chi connectivity index (χ2n) is 6.05. The lowest BCUT2D eigenvalue weighted by Gasteiger charge is -1.98. The zero-order chi connectivity index (χ0) is 25.0. The van der Waals surface area contributed by atoms with E-state index >= 15 is 0 Å². The number of aromatic amines is 1. The number of nitrogens with one attached hydrogen (secondary N) is 2. The van der Waals surface area contributed by atoms with Crippen molar-refractivity contribution in [3.63, 3.8) is 0 Å². The van der Waals surface area contributed by atoms with Crippen molar-refractivity contribution in [1.82, 2.24) is 10.3 Å². The van der Waals surface area contributed by atoms with E-state index in [4.69, 9.17) is 10.5 Å². The fourth-order valence-electron chi connectivity index (χ4n) is 2.25. The Hall–Kier alpha value is -2.60. The molecule has 1 aromatic heterocycles. The summed E-state index contributed by atoms with van der Waals surface area (Å²) in [4.78, 5) is 3.14. The number of hydrogen-bond acceptors (Lipinski definition) is 4. The smallest absolute Gasteiger partial charge is 0.119 e. The third-order valence-corrected chi connectivity index (χ3v) is 3.77. The molecule has 32 heavy (non-hydrogen) atoms. The molecule has 0 aliphatic rings. The Labute approximate surface area is 197 Å². The van der Waals surface area contributed by atoms with Crippen LogP contribution in [0.25, 0.3) is 10.9 Å². The van der Waals surface area contributed by atoms with Gasteiger partial charge in [0.15, 0.2) is 0 Å². The van der Waals surface area contributed by atoms with Crippen molar-refractivity contribution in [3.8, 4) is 5.75 Å². The Morgan fingerprint density at radius 2 is 1.78 bits per heavy atom. The van der Waals surface area contributed by atoms with Crippen molar-refractivity contribution in [3.05, 3.63) is 42.6 Å². The first kappa shape index (κ1) is 34.0. The van der Waals surface area contributed by atoms with Gasteiger partial charge in [0, 0.05) is 22.7 Å². The van der Waals surface area contributed by atoms with Gasteiger partial charge in [-0.1, -0.05) is 66.9 Å². The molecule has 0 spiro atoms. The predicted molar refractivity (Wildman–Crippen MR) is 146 cm³/mol. The second-order valence-corrected chi connectivity index (χ2v) is 6.05. The first-order valence-corrected chi connectivity index (χ1v) is 11.9. The molecule has 1 aromatic carbocycles. The number of nitrogens with two attached hydrogens (primary N) is 1. The minimum atomic E-state index is 0.809. The fourth-order valence-corrected chi connectivity index (χ4v) is 2.25. The Morgan fingerprint density at radius 1 is 1.09 bits per heavy atom. The number of rotatable bonds is 9. The lowest BCUT2D eigenvalue weighted by Crippen LogP contribution is -2.06. The van der Waals surface area contributed by atoms with Crippen LogP contribution in [0, 0.1) is 0 Å². The summed E-state index contributed by atoms with van der Waals surface area (Å²) >= 11 is 0. The molecule has 1 heterocycles. The van der Waals surface area contributed by atoms with Gasteiger partial charge in [0.1, 0.15) is 12.1 Å². The van der Waals surface area contributed by atoms with Crippen molar-refractivity contribution in [2.75, 3.05) is 20.7 Å². The molecule has 0 bridgehead atoms. The molecule has 6 nitrogen and oxygen atoms in total. The third-order valence-electron chi connectivity index (χ3n) is 3.77. The number of unbranched alkanes of at least 4 members (excludes halogenated alkanes) is 3. The minimum Gasteiger partial charge on any atom is -0.497 e. The summed E-state index contributed by atoms with van der Waals surface area (Å²) in [7, 11) is 3.63. The highest BCUT2D eigenvalue weighted by Crippen LogP contribution is 2.22. The minimum absolute atomic E-state index is 0.809. The van der Waals surface area contributed by atoms with Crippen LogP contribution in [-0.2, 0) is 0 Å². The number of aromatic nitrogens is 1. The van der Waals surface area contributed by atoms with E-state index < -0.39 is 0 Å². The molecule has 2 aromatic rings. The van der Waals surface area contributed by atoms with E-state index in [1.165, 1.54) is 32.2 Å². The molecule has 0 unspecified atom stereocenters. The van der Waals surface area contributed by atoms with Gasteiger partial charge in [-0.15, -0.1) is 11.7 Å². The van der Waals surface area contributed by atoms with Crippen molar-refractivity contribution in [1.29, 1.82) is 0 Å². The summed E-state index contributed by atoms with van der Waals surface area (Å²) in [5, 5.41) is 11.5. The maximum Gasteiger partial charge on any atom is 0.119 e. The number of ether oxygens (including phenoxy) is 1. The SMILES string of the molecule is C=CCCC.CC.CC.CCCCCNC.COc1ccc2[nH]cc(/C=N/N=C\N)c2c1. The number of allylic oxidation sites excluding steroid dienone is 1. The lowest BCUT2D eigenvalue weighted by atomic mass is 10.2. The Balaban J connectivity index is -0.000000440. The Morgan fingerprint density at radius 3 is 2.25 bits per heavy atom. The highest BCUT2D eigenvalue weighted by Gasteiger charge is 2.02. The molecule has 0 fully saturated rings. The van der Waals surface area contributed by atoms with E-state index in [1.807, 2.05) is 65.2 Å². The summed E-state index contributed by atoms with van der Waals surface area (Å²) in [6, 6.07) is 5.80. The largest absolute Gasteiger partial charge is 0.497 e. The number of methoxy groups -OCH3 is 1. The van der Waals surface area contributed by atoms with Gasteiger partial charge in [0.25, 0.3) is 0 Å². The first-order valence-electron chi connectivity index (χ1n) is 11.9. The average Bonchev–Trinajstić information content (AvgIpc) is 3.25. The maximum atomic E-state index is 5.16. The van der Waals surface area contributed by atoms with Crippen LogP contribution in [0.1, 0.15) is 79.2 Å². The van der Waals surface area contributed by atoms with Gasteiger partial charge in [-0.25, -0.2) is 0 Å². The number of H-pyrrole nitrogens is 1. The molecular formula is C26H49N5O. The maximum absolute atomic E-state index is 5.16. The Bertz CT molecular complexity index is 689. The molecule has 0 radical (unpaired) electrons. The van der Waals surface area contributed by atoms with Crippen molar-refractivity contribution in [2.45, 2.75) is 73.6 Å². The molecule has 0 atom stereocenters. The number of nitrogens with zero attached hydrogens (tertiary/aromatic N) is 2. The zero-order valence-electron chi connectivity index (χ0n) is 21.9. The molecule has 2 rings (SSSR count). The van der Waals surface area contributed by atoms with E-state index in [0.29, 0.717) is 0 Å². The van der Waals surface area contributed by atoms with Gasteiger partial charge in [-0.05, 0) is 44.6 Å². The van der Waals surface area contributed by atoms with E-state index in [2.05, 4.69) is 40.9 Å². The fraction of sp³-hybridized carbons (Fsp3) is 0.538. The van der Waals surface area contributed by atoms with E-state index in [0.717, 1.165) is 35.0 Å². The molecule has 6 heteroatoms. The summed E-state index contributed by atoms with van der Waals surface area (Å²) in [5.74, 6) is 0.809. The van der Waals surface area contributed by atoms with Crippen LogP contribution in [0.3, 0.4) is 0 Å². The van der Waals surface area contributed by atoms with Gasteiger partial charge >= 0.3 is 0 Å². The zero-order valence-corrected chi connectivity index (χ0v) is 21.9. The summed E-state index contributed by atoms with van der Waals surface area (Å²) in [5.41, 5.74) is 7.06. The van der Waals surface area contributed by atoms with Crippen LogP contribution in [0.2, 0.25) is 0 Å². The Kier molecular flexibility index (Phi) is 30.2. The van der Waals surface area contributed by atoms with Crippen LogP contribution in [0.4, 0.5) is 0 Å². The first-order chi connectivity index (χ1) is 15.7. The molecule has 4 N–H and O–H groups in total. The summed E-state index contributed by atoms with van der Waals surface area (Å²) in [6.07, 6.45) is 13.0. The molecule has 0 saturated heterocycles. The van der Waals surface area contributed by atoms with Gasteiger partial charge in [-0.3, -0.25) is 0 Å². The van der Waals surface area contributed by atoms with Crippen molar-refractivity contribution < 1.29 is 4.74 Å². The molecule has 0 aliphatic carbocycles. The van der Waals surface area contributed by atoms with Gasteiger partial charge in [0.2, 0.25) is 0 Å². The summed E-state index contributed by atoms with van der Waals surface area (Å²) < 4.78 is 5.16. The normalized spacial score (nSPS) is 9.50. The highest BCUT2D eigenvalue weighted by atomic mass is 16.5. The monoisotopic (exact) mass is 447 g/mol. The topological polar surface area (TPSA) is 87.8 Å². The molecule has 0 aliphatic heterocycles. The predicted octanol–water partition coefficient (Wildman–Crippen LogP) is 6.92. The highest BCUT2D eigenvalue weighted by molar-refractivity contribution is 5.99. The van der Waals surface area contributed by atoms with E-state index in [1.54, 1.807) is 13.3 Å². The molecule has 0 amide bonds. The van der Waals surface area contributed by atoms with Gasteiger partial charge in [0.05, 0.1) is 13.3 Å². The number of fused-ring (bicyclic) bond motifs is 1.